The summed E-state index contributed by atoms with van der Waals surface area (Å²) in [6.45, 7) is -0.357. The van der Waals surface area contributed by atoms with Crippen LogP contribution in [0.15, 0.2) is 24.3 Å². The van der Waals surface area contributed by atoms with Crippen LogP contribution in [0.2, 0.25) is 5.02 Å². The van der Waals surface area contributed by atoms with Crippen molar-refractivity contribution in [3.63, 3.8) is 0 Å². The molecule has 3 nitrogen and oxygen atoms in total. The Labute approximate surface area is 113 Å². The maximum absolute atomic E-state index is 12.1. The molecule has 0 saturated carbocycles. The molecule has 0 aliphatic carbocycles. The highest BCUT2D eigenvalue weighted by molar-refractivity contribution is 6.30. The molecule has 1 aromatic carbocycles. The first-order valence-electron chi connectivity index (χ1n) is 5.57. The molecule has 19 heavy (non-hydrogen) atoms. The summed E-state index contributed by atoms with van der Waals surface area (Å²) < 4.78 is 36.2. The Morgan fingerprint density at radius 3 is 2.58 bits per heavy atom. The Kier molecular flexibility index (Phi) is 5.47. The quantitative estimate of drug-likeness (QED) is 0.872. The standard InChI is InChI=1S/C12H13ClF3NO2/c13-9-3-1-4-10(7-9)17(8-11(18)19)6-2-5-12(14,15)16/h1,3-4,7H,2,5-6,8H2,(H,18,19). The van der Waals surface area contributed by atoms with Crippen molar-refractivity contribution in [3.8, 4) is 0 Å². The van der Waals surface area contributed by atoms with Crippen LogP contribution in [0, 0.1) is 0 Å². The maximum atomic E-state index is 12.1. The third-order valence-corrected chi connectivity index (χ3v) is 2.62. The summed E-state index contributed by atoms with van der Waals surface area (Å²) in [6, 6.07) is 6.37. The van der Waals surface area contributed by atoms with Gasteiger partial charge in [-0.2, -0.15) is 13.2 Å². The van der Waals surface area contributed by atoms with Crippen molar-refractivity contribution in [2.24, 2.45) is 0 Å². The van der Waals surface area contributed by atoms with E-state index in [1.165, 1.54) is 11.0 Å². The van der Waals surface area contributed by atoms with Crippen LogP contribution in [-0.2, 0) is 4.79 Å². The molecule has 1 N–H and O–H groups in total. The highest BCUT2D eigenvalue weighted by Gasteiger charge is 2.26. The zero-order chi connectivity index (χ0) is 14.5. The van der Waals surface area contributed by atoms with Gasteiger partial charge >= 0.3 is 12.1 Å². The van der Waals surface area contributed by atoms with E-state index in [2.05, 4.69) is 0 Å². The van der Waals surface area contributed by atoms with Gasteiger partial charge in [0.15, 0.2) is 0 Å². The topological polar surface area (TPSA) is 40.5 Å². The van der Waals surface area contributed by atoms with Crippen LogP contribution >= 0.6 is 11.6 Å². The van der Waals surface area contributed by atoms with Gasteiger partial charge in [0, 0.05) is 23.7 Å². The van der Waals surface area contributed by atoms with E-state index in [4.69, 9.17) is 16.7 Å². The first-order chi connectivity index (χ1) is 8.78. The van der Waals surface area contributed by atoms with E-state index in [0.717, 1.165) is 0 Å². The van der Waals surface area contributed by atoms with E-state index in [0.29, 0.717) is 10.7 Å². The van der Waals surface area contributed by atoms with Crippen LogP contribution in [-0.4, -0.2) is 30.3 Å². The number of benzene rings is 1. The molecular formula is C12H13ClF3NO2. The van der Waals surface area contributed by atoms with E-state index in [9.17, 15) is 18.0 Å². The number of hydrogen-bond acceptors (Lipinski definition) is 2. The molecule has 0 bridgehead atoms. The number of alkyl halides is 3. The van der Waals surface area contributed by atoms with E-state index in [-0.39, 0.29) is 19.5 Å². The number of carbonyl (C=O) groups is 1. The van der Waals surface area contributed by atoms with Gasteiger partial charge in [-0.05, 0) is 24.6 Å². The number of nitrogens with zero attached hydrogens (tertiary/aromatic N) is 1. The van der Waals surface area contributed by atoms with Gasteiger partial charge in [-0.15, -0.1) is 0 Å². The predicted molar refractivity (Wildman–Crippen MR) is 66.6 cm³/mol. The summed E-state index contributed by atoms with van der Waals surface area (Å²) in [7, 11) is 0. The lowest BCUT2D eigenvalue weighted by Gasteiger charge is -2.23. The molecule has 0 saturated heterocycles. The van der Waals surface area contributed by atoms with Gasteiger partial charge in [0.2, 0.25) is 0 Å². The Balaban J connectivity index is 2.69. The third kappa shape index (κ3) is 6.33. The molecule has 106 valence electrons. The molecule has 0 aliphatic heterocycles. The molecule has 0 aliphatic rings. The number of hydrogen-bond donors (Lipinski definition) is 1. The number of aliphatic carboxylic acids is 1. The van der Waals surface area contributed by atoms with Gasteiger partial charge in [0.05, 0.1) is 0 Å². The van der Waals surface area contributed by atoms with E-state index in [1.54, 1.807) is 18.2 Å². The molecule has 0 radical (unpaired) electrons. The molecule has 0 heterocycles. The summed E-state index contributed by atoms with van der Waals surface area (Å²) >= 11 is 5.78. The van der Waals surface area contributed by atoms with Gasteiger partial charge in [0.25, 0.3) is 0 Å². The van der Waals surface area contributed by atoms with Crippen LogP contribution in [0.4, 0.5) is 18.9 Å². The van der Waals surface area contributed by atoms with Crippen molar-refractivity contribution in [2.75, 3.05) is 18.0 Å². The zero-order valence-corrected chi connectivity index (χ0v) is 10.7. The molecular weight excluding hydrogens is 283 g/mol. The zero-order valence-electron chi connectivity index (χ0n) is 9.95. The lowest BCUT2D eigenvalue weighted by Crippen LogP contribution is -2.31. The smallest absolute Gasteiger partial charge is 0.389 e. The minimum Gasteiger partial charge on any atom is -0.480 e. The minimum absolute atomic E-state index is 0.00610. The van der Waals surface area contributed by atoms with Gasteiger partial charge in [-0.25, -0.2) is 0 Å². The Morgan fingerprint density at radius 1 is 1.37 bits per heavy atom. The van der Waals surface area contributed by atoms with Crippen LogP contribution < -0.4 is 4.90 Å². The minimum atomic E-state index is -4.23. The van der Waals surface area contributed by atoms with Crippen molar-refractivity contribution in [3.05, 3.63) is 29.3 Å². The van der Waals surface area contributed by atoms with Crippen molar-refractivity contribution < 1.29 is 23.1 Å². The van der Waals surface area contributed by atoms with Crippen molar-refractivity contribution in [2.45, 2.75) is 19.0 Å². The first-order valence-corrected chi connectivity index (χ1v) is 5.95. The molecule has 0 fully saturated rings. The molecule has 0 atom stereocenters. The van der Waals surface area contributed by atoms with E-state index < -0.39 is 18.6 Å². The lowest BCUT2D eigenvalue weighted by atomic mass is 10.2. The van der Waals surface area contributed by atoms with E-state index in [1.807, 2.05) is 0 Å². The average molecular weight is 296 g/mol. The van der Waals surface area contributed by atoms with Crippen molar-refractivity contribution in [1.82, 2.24) is 0 Å². The monoisotopic (exact) mass is 295 g/mol. The Hall–Kier alpha value is -1.43. The number of halogens is 4. The summed E-state index contributed by atoms with van der Waals surface area (Å²) in [4.78, 5) is 12.1. The second kappa shape index (κ2) is 6.65. The SMILES string of the molecule is O=C(O)CN(CCCC(F)(F)F)c1cccc(Cl)c1. The number of rotatable bonds is 6. The second-order valence-electron chi connectivity index (χ2n) is 4.01. The second-order valence-corrected chi connectivity index (χ2v) is 4.45. The summed E-state index contributed by atoms with van der Waals surface area (Å²) in [6.07, 6.45) is -5.34. The normalized spacial score (nSPS) is 11.4. The van der Waals surface area contributed by atoms with Crippen LogP contribution in [0.25, 0.3) is 0 Å². The molecule has 0 spiro atoms. The van der Waals surface area contributed by atoms with Gasteiger partial charge in [-0.3, -0.25) is 4.79 Å². The molecule has 1 aromatic rings. The fourth-order valence-corrected chi connectivity index (χ4v) is 1.79. The van der Waals surface area contributed by atoms with Crippen molar-refractivity contribution in [1.29, 1.82) is 0 Å². The Morgan fingerprint density at radius 2 is 2.05 bits per heavy atom. The largest absolute Gasteiger partial charge is 0.480 e. The fraction of sp³-hybridized carbons (Fsp3) is 0.417. The maximum Gasteiger partial charge on any atom is 0.389 e. The highest BCUT2D eigenvalue weighted by Crippen LogP contribution is 2.24. The van der Waals surface area contributed by atoms with Crippen molar-refractivity contribution >= 4 is 23.3 Å². The summed E-state index contributed by atoms with van der Waals surface area (Å²) in [5.41, 5.74) is 0.497. The first kappa shape index (κ1) is 15.6. The average Bonchev–Trinajstić information content (AvgIpc) is 2.25. The molecule has 0 unspecified atom stereocenters. The van der Waals surface area contributed by atoms with Gasteiger partial charge in [-0.1, -0.05) is 17.7 Å². The van der Waals surface area contributed by atoms with Crippen LogP contribution in [0.3, 0.4) is 0 Å². The van der Waals surface area contributed by atoms with Gasteiger partial charge in [0.1, 0.15) is 6.54 Å². The summed E-state index contributed by atoms with van der Waals surface area (Å²) in [5, 5.41) is 9.18. The molecule has 1 rings (SSSR count). The fourth-order valence-electron chi connectivity index (χ4n) is 1.61. The van der Waals surface area contributed by atoms with Crippen LogP contribution in [0.1, 0.15) is 12.8 Å². The molecule has 7 heteroatoms. The number of carboxylic acid groups (broad SMARTS) is 1. The third-order valence-electron chi connectivity index (χ3n) is 2.39. The van der Waals surface area contributed by atoms with Crippen LogP contribution in [0.5, 0.6) is 0 Å². The molecule has 0 aromatic heterocycles. The number of anilines is 1. The lowest BCUT2D eigenvalue weighted by molar-refractivity contribution is -0.135. The number of carboxylic acids is 1. The molecule has 0 amide bonds. The summed E-state index contributed by atoms with van der Waals surface area (Å²) in [5.74, 6) is -1.10. The Bertz CT molecular complexity index is 437. The van der Waals surface area contributed by atoms with E-state index >= 15 is 0 Å². The predicted octanol–water partition coefficient (Wildman–Crippen LogP) is 3.57. The highest BCUT2D eigenvalue weighted by atomic mass is 35.5. The van der Waals surface area contributed by atoms with Gasteiger partial charge < -0.3 is 10.0 Å².